The minimum Gasteiger partial charge on any atom is -0.479 e. The minimum absolute atomic E-state index is 0. The third-order valence-electron chi connectivity index (χ3n) is 0.985. The van der Waals surface area contributed by atoms with Crippen LogP contribution in [0.3, 0.4) is 0 Å². The summed E-state index contributed by atoms with van der Waals surface area (Å²) in [5.74, 6) is -1.75. The van der Waals surface area contributed by atoms with Crippen molar-refractivity contribution in [3.05, 3.63) is 0 Å². The summed E-state index contributed by atoms with van der Waals surface area (Å²) in [5.41, 5.74) is 0. The van der Waals surface area contributed by atoms with Gasteiger partial charge in [0.1, 0.15) is 12.2 Å². The molecule has 18 heavy (non-hydrogen) atoms. The van der Waals surface area contributed by atoms with E-state index in [1.165, 1.54) is 13.8 Å². The molecule has 0 saturated carbocycles. The first-order valence-corrected chi connectivity index (χ1v) is 5.10. The van der Waals surface area contributed by atoms with E-state index in [-0.39, 0.29) is 12.1 Å². The van der Waals surface area contributed by atoms with Crippen molar-refractivity contribution in [3.8, 4) is 0 Å². The second kappa shape index (κ2) is 18.2. The number of aliphatic hydroxyl groups is 3. The molecule has 0 aromatic rings. The van der Waals surface area contributed by atoms with Crippen molar-refractivity contribution in [3.63, 3.8) is 0 Å². The van der Waals surface area contributed by atoms with Crippen molar-refractivity contribution in [2.45, 2.75) is 39.9 Å². The van der Waals surface area contributed by atoms with E-state index in [0.717, 1.165) is 0 Å². The van der Waals surface area contributed by atoms with Crippen LogP contribution in [0.25, 0.3) is 0 Å². The fourth-order valence-corrected chi connectivity index (χ4v) is 0.263. The van der Waals surface area contributed by atoms with Gasteiger partial charge < -0.3 is 30.6 Å². The highest BCUT2D eigenvalue weighted by Gasteiger charge is 2.07. The fourth-order valence-electron chi connectivity index (χ4n) is 0.263. The van der Waals surface area contributed by atoms with Crippen LogP contribution in [0.4, 0.5) is 0 Å². The smallest absolute Gasteiger partial charge is 0.334 e. The highest BCUT2D eigenvalue weighted by Crippen LogP contribution is 1.84. The lowest BCUT2D eigenvalue weighted by Gasteiger charge is -2.01. The Morgan fingerprint density at radius 2 is 1.39 bits per heavy atom. The van der Waals surface area contributed by atoms with Crippen LogP contribution in [0, 0.1) is 0 Å². The number of carboxylic acids is 1. The van der Waals surface area contributed by atoms with E-state index in [1.54, 1.807) is 13.8 Å². The van der Waals surface area contributed by atoms with Gasteiger partial charge in [-0.15, -0.1) is 0 Å². The molecule has 2 unspecified atom stereocenters. The molecule has 112 valence electrons. The van der Waals surface area contributed by atoms with Gasteiger partial charge in [-0.25, -0.2) is 9.59 Å². The lowest BCUT2D eigenvalue weighted by atomic mass is 10.4. The Bertz CT molecular complexity index is 190. The van der Waals surface area contributed by atoms with Crippen LogP contribution in [-0.2, 0) is 14.3 Å². The fraction of sp³-hybridized carbons (Fsp3) is 0.800. The van der Waals surface area contributed by atoms with Gasteiger partial charge >= 0.3 is 11.9 Å². The summed E-state index contributed by atoms with van der Waals surface area (Å²) in [5, 5.41) is 31.8. The second-order valence-corrected chi connectivity index (χ2v) is 2.76. The van der Waals surface area contributed by atoms with Crippen LogP contribution < -0.4 is 0 Å². The number of esters is 1. The minimum atomic E-state index is -1.23. The summed E-state index contributed by atoms with van der Waals surface area (Å²) < 4.78 is 4.41. The molecule has 0 bridgehead atoms. The largest absolute Gasteiger partial charge is 0.479 e. The van der Waals surface area contributed by atoms with Crippen LogP contribution >= 0.6 is 0 Å². The van der Waals surface area contributed by atoms with Crippen molar-refractivity contribution in [1.82, 2.24) is 0 Å². The normalized spacial score (nSPS) is 11.3. The Morgan fingerprint density at radius 1 is 1.11 bits per heavy atom. The van der Waals surface area contributed by atoms with Crippen LogP contribution in [0.5, 0.6) is 0 Å². The molecular formula is C10H24O8. The first-order chi connectivity index (χ1) is 7.74. The van der Waals surface area contributed by atoms with E-state index >= 15 is 0 Å². The summed E-state index contributed by atoms with van der Waals surface area (Å²) in [7, 11) is 0. The summed E-state index contributed by atoms with van der Waals surface area (Å²) in [6, 6.07) is 0. The van der Waals surface area contributed by atoms with Crippen LogP contribution in [0.2, 0.25) is 0 Å². The van der Waals surface area contributed by atoms with Crippen LogP contribution in [0.1, 0.15) is 27.7 Å². The number of aliphatic carboxylic acids is 1. The zero-order valence-corrected chi connectivity index (χ0v) is 11.1. The third kappa shape index (κ3) is 29.3. The van der Waals surface area contributed by atoms with E-state index in [4.69, 9.17) is 20.4 Å². The number of carbonyl (C=O) groups excluding carboxylic acids is 1. The van der Waals surface area contributed by atoms with E-state index in [9.17, 15) is 9.59 Å². The molecule has 0 aliphatic rings. The van der Waals surface area contributed by atoms with Crippen molar-refractivity contribution in [2.24, 2.45) is 0 Å². The average molecular weight is 272 g/mol. The number of rotatable bonds is 3. The summed E-state index contributed by atoms with van der Waals surface area (Å²) in [6.45, 7) is 6.52. The standard InChI is InChI=1S/C5H10O3.C3H6O3.C2H6O.H2O/c1-3-8-5(7)4(2)6;1-2(4)3(5)6;1-2-3;/h4,6H,3H2,1-2H3;2,4H,1H3,(H,5,6);3H,2H2,1H3;1H2. The SMILES string of the molecule is CC(O)C(=O)O.CCO.CCOC(=O)C(C)O.O. The van der Waals surface area contributed by atoms with Gasteiger partial charge in [-0.05, 0) is 27.7 Å². The Labute approximate surface area is 106 Å². The number of ether oxygens (including phenoxy) is 1. The third-order valence-corrected chi connectivity index (χ3v) is 0.985. The van der Waals surface area contributed by atoms with Gasteiger partial charge in [-0.3, -0.25) is 0 Å². The molecule has 2 atom stereocenters. The van der Waals surface area contributed by atoms with E-state index < -0.39 is 24.1 Å². The van der Waals surface area contributed by atoms with Crippen LogP contribution in [-0.4, -0.2) is 63.3 Å². The van der Waals surface area contributed by atoms with Crippen molar-refractivity contribution in [1.29, 1.82) is 0 Å². The Morgan fingerprint density at radius 3 is 1.44 bits per heavy atom. The summed E-state index contributed by atoms with van der Waals surface area (Å²) >= 11 is 0. The van der Waals surface area contributed by atoms with Gasteiger partial charge in [-0.2, -0.15) is 0 Å². The number of hydrogen-bond donors (Lipinski definition) is 4. The van der Waals surface area contributed by atoms with E-state index in [2.05, 4.69) is 4.74 Å². The molecule has 0 fully saturated rings. The maximum absolute atomic E-state index is 10.3. The van der Waals surface area contributed by atoms with E-state index in [0.29, 0.717) is 6.61 Å². The molecule has 0 aromatic heterocycles. The number of carbonyl (C=O) groups is 2. The molecule has 0 spiro atoms. The van der Waals surface area contributed by atoms with Gasteiger partial charge in [0.2, 0.25) is 0 Å². The number of hydrogen-bond acceptors (Lipinski definition) is 6. The zero-order valence-electron chi connectivity index (χ0n) is 11.1. The molecule has 0 aliphatic heterocycles. The Balaban J connectivity index is -0.0000000875. The molecule has 8 nitrogen and oxygen atoms in total. The Hall–Kier alpha value is -1.22. The summed E-state index contributed by atoms with van der Waals surface area (Å²) in [4.78, 5) is 19.7. The van der Waals surface area contributed by atoms with Crippen molar-refractivity contribution >= 4 is 11.9 Å². The highest BCUT2D eigenvalue weighted by atomic mass is 16.5. The molecule has 0 aliphatic carbocycles. The van der Waals surface area contributed by atoms with Gasteiger partial charge in [0.05, 0.1) is 6.61 Å². The van der Waals surface area contributed by atoms with Crippen LogP contribution in [0.15, 0.2) is 0 Å². The van der Waals surface area contributed by atoms with Gasteiger partial charge in [-0.1, -0.05) is 0 Å². The van der Waals surface area contributed by atoms with Gasteiger partial charge in [0.15, 0.2) is 0 Å². The number of carboxylic acid groups (broad SMARTS) is 1. The van der Waals surface area contributed by atoms with Crippen molar-refractivity contribution < 1.29 is 40.2 Å². The predicted molar refractivity (Wildman–Crippen MR) is 64.0 cm³/mol. The first kappa shape index (κ1) is 25.6. The zero-order chi connectivity index (χ0) is 14.4. The summed E-state index contributed by atoms with van der Waals surface area (Å²) in [6.07, 6.45) is -2.22. The Kier molecular flexibility index (Phi) is 25.8. The van der Waals surface area contributed by atoms with Crippen molar-refractivity contribution in [2.75, 3.05) is 13.2 Å². The van der Waals surface area contributed by atoms with E-state index in [1.807, 2.05) is 0 Å². The quantitative estimate of drug-likeness (QED) is 0.458. The molecule has 0 rings (SSSR count). The monoisotopic (exact) mass is 272 g/mol. The molecule has 8 heteroatoms. The lowest BCUT2D eigenvalue weighted by Crippen LogP contribution is -2.18. The molecule has 0 heterocycles. The lowest BCUT2D eigenvalue weighted by molar-refractivity contribution is -0.152. The maximum atomic E-state index is 10.3. The van der Waals surface area contributed by atoms with Gasteiger partial charge in [0, 0.05) is 6.61 Å². The topological polar surface area (TPSA) is 156 Å². The molecule has 0 amide bonds. The highest BCUT2D eigenvalue weighted by molar-refractivity contribution is 5.73. The average Bonchev–Trinajstić information content (AvgIpc) is 2.19. The molecular weight excluding hydrogens is 248 g/mol. The van der Waals surface area contributed by atoms with Gasteiger partial charge in [0.25, 0.3) is 0 Å². The maximum Gasteiger partial charge on any atom is 0.334 e. The molecule has 0 saturated heterocycles. The molecule has 6 N–H and O–H groups in total. The molecule has 0 radical (unpaired) electrons. The molecule has 0 aromatic carbocycles. The first-order valence-electron chi connectivity index (χ1n) is 5.10. The second-order valence-electron chi connectivity index (χ2n) is 2.76. The predicted octanol–water partition coefficient (Wildman–Crippen LogP) is -1.44. The number of aliphatic hydroxyl groups excluding tert-OH is 3.